The number of benzene rings is 1. The third kappa shape index (κ3) is 4.13. The van der Waals surface area contributed by atoms with Gasteiger partial charge in [0.2, 0.25) is 5.91 Å². The van der Waals surface area contributed by atoms with E-state index >= 15 is 0 Å². The summed E-state index contributed by atoms with van der Waals surface area (Å²) >= 11 is 0. The molecule has 0 spiro atoms. The average Bonchev–Trinajstić information content (AvgIpc) is 2.68. The summed E-state index contributed by atoms with van der Waals surface area (Å²) in [6.07, 6.45) is 1.58. The van der Waals surface area contributed by atoms with Crippen LogP contribution in [0.25, 0.3) is 10.9 Å². The normalized spacial score (nSPS) is 21.3. The van der Waals surface area contributed by atoms with Crippen molar-refractivity contribution in [2.24, 2.45) is 0 Å². The minimum Gasteiger partial charge on any atom is -0.391 e. The van der Waals surface area contributed by atoms with E-state index in [-0.39, 0.29) is 12.0 Å². The second kappa shape index (κ2) is 8.05. The van der Waals surface area contributed by atoms with E-state index in [0.29, 0.717) is 6.54 Å². The number of carbonyl (C=O) groups excluding carboxylic acids is 1. The van der Waals surface area contributed by atoms with Crippen LogP contribution < -0.4 is 4.90 Å². The number of piperidine rings is 1. The molecule has 1 amide bonds. The maximum Gasteiger partial charge on any atom is 0.219 e. The highest BCUT2D eigenvalue weighted by atomic mass is 16.3. The van der Waals surface area contributed by atoms with Crippen LogP contribution in [0.4, 0.5) is 5.82 Å². The second-order valence-corrected chi connectivity index (χ2v) is 8.19. The maximum absolute atomic E-state index is 11.6. The molecule has 1 aromatic carbocycles. The molecule has 3 heterocycles. The fraction of sp³-hybridized carbons (Fsp3) is 0.545. The van der Waals surface area contributed by atoms with Crippen LogP contribution in [0, 0.1) is 6.92 Å². The number of aromatic nitrogens is 1. The number of amides is 1. The van der Waals surface area contributed by atoms with Crippen LogP contribution >= 0.6 is 0 Å². The van der Waals surface area contributed by atoms with Crippen molar-refractivity contribution in [3.63, 3.8) is 0 Å². The molecule has 1 N–H and O–H groups in total. The quantitative estimate of drug-likeness (QED) is 0.882. The molecule has 0 saturated carbocycles. The number of fused-ring (bicyclic) bond motifs is 1. The highest BCUT2D eigenvalue weighted by molar-refractivity contribution is 5.82. The van der Waals surface area contributed by atoms with Crippen LogP contribution in [-0.4, -0.2) is 71.2 Å². The van der Waals surface area contributed by atoms with Gasteiger partial charge >= 0.3 is 0 Å². The van der Waals surface area contributed by atoms with Gasteiger partial charge < -0.3 is 14.9 Å². The van der Waals surface area contributed by atoms with Gasteiger partial charge in [0.15, 0.2) is 0 Å². The third-order valence-electron chi connectivity index (χ3n) is 5.93. The number of hydrogen-bond donors (Lipinski definition) is 1. The average molecular weight is 383 g/mol. The van der Waals surface area contributed by atoms with Gasteiger partial charge in [0.25, 0.3) is 0 Å². The van der Waals surface area contributed by atoms with Gasteiger partial charge in [-0.05, 0) is 38.0 Å². The fourth-order valence-electron chi connectivity index (χ4n) is 4.33. The standard InChI is InChI=1S/C22H30N4O2/c1-16-5-6-21-18(12-16)13-19(14-24-8-10-25(11-9-24)17(2)27)22(23-21)26-7-3-4-20(28)15-26/h5-6,12-13,20,28H,3-4,7-11,14-15H2,1-2H3/t20-/m1/s1. The van der Waals surface area contributed by atoms with E-state index in [9.17, 15) is 9.90 Å². The fourth-order valence-corrected chi connectivity index (χ4v) is 4.33. The van der Waals surface area contributed by atoms with E-state index in [2.05, 4.69) is 41.0 Å². The maximum atomic E-state index is 11.6. The molecular formula is C22H30N4O2. The Bertz CT molecular complexity index is 861. The summed E-state index contributed by atoms with van der Waals surface area (Å²) in [5, 5.41) is 11.3. The van der Waals surface area contributed by atoms with Gasteiger partial charge in [0, 0.05) is 63.7 Å². The van der Waals surface area contributed by atoms with Gasteiger partial charge in [-0.1, -0.05) is 11.6 Å². The molecule has 2 aliphatic rings. The van der Waals surface area contributed by atoms with Crippen LogP contribution in [0.5, 0.6) is 0 Å². The highest BCUT2D eigenvalue weighted by Crippen LogP contribution is 2.28. The molecule has 150 valence electrons. The SMILES string of the molecule is CC(=O)N1CCN(Cc2cc3cc(C)ccc3nc2N2CCC[C@@H](O)C2)CC1. The third-order valence-corrected chi connectivity index (χ3v) is 5.93. The van der Waals surface area contributed by atoms with E-state index in [1.807, 2.05) is 4.90 Å². The van der Waals surface area contributed by atoms with E-state index in [4.69, 9.17) is 4.98 Å². The summed E-state index contributed by atoms with van der Waals surface area (Å²) in [6, 6.07) is 8.64. The molecule has 0 unspecified atom stereocenters. The van der Waals surface area contributed by atoms with Gasteiger partial charge in [-0.15, -0.1) is 0 Å². The van der Waals surface area contributed by atoms with E-state index < -0.39 is 0 Å². The van der Waals surface area contributed by atoms with Crippen molar-refractivity contribution in [3.05, 3.63) is 35.4 Å². The second-order valence-electron chi connectivity index (χ2n) is 8.19. The Labute approximate surface area is 166 Å². The molecule has 0 bridgehead atoms. The largest absolute Gasteiger partial charge is 0.391 e. The van der Waals surface area contributed by atoms with Crippen molar-refractivity contribution in [2.75, 3.05) is 44.2 Å². The van der Waals surface area contributed by atoms with E-state index in [1.165, 1.54) is 16.5 Å². The lowest BCUT2D eigenvalue weighted by Crippen LogP contribution is -2.47. The first kappa shape index (κ1) is 19.2. The van der Waals surface area contributed by atoms with Gasteiger partial charge in [-0.2, -0.15) is 0 Å². The van der Waals surface area contributed by atoms with Crippen molar-refractivity contribution in [3.8, 4) is 0 Å². The molecule has 6 nitrogen and oxygen atoms in total. The Morgan fingerprint density at radius 1 is 1.18 bits per heavy atom. The van der Waals surface area contributed by atoms with Crippen LogP contribution in [0.3, 0.4) is 0 Å². The molecule has 0 aliphatic carbocycles. The lowest BCUT2D eigenvalue weighted by atomic mass is 10.0. The summed E-state index contributed by atoms with van der Waals surface area (Å²) in [5.74, 6) is 1.16. The monoisotopic (exact) mass is 382 g/mol. The molecule has 6 heteroatoms. The van der Waals surface area contributed by atoms with E-state index in [1.54, 1.807) is 6.92 Å². The number of piperazine rings is 1. The summed E-state index contributed by atoms with van der Waals surface area (Å²) in [5.41, 5.74) is 3.45. The summed E-state index contributed by atoms with van der Waals surface area (Å²) in [7, 11) is 0. The summed E-state index contributed by atoms with van der Waals surface area (Å²) < 4.78 is 0. The number of aliphatic hydroxyl groups excluding tert-OH is 1. The Balaban J connectivity index is 1.62. The number of β-amino-alcohol motifs (C(OH)–C–C–N with tert-alkyl or cyclic N) is 1. The number of anilines is 1. The first-order valence-corrected chi connectivity index (χ1v) is 10.3. The van der Waals surface area contributed by atoms with Gasteiger partial charge in [0.1, 0.15) is 5.82 Å². The lowest BCUT2D eigenvalue weighted by Gasteiger charge is -2.36. The molecule has 28 heavy (non-hydrogen) atoms. The predicted octanol–water partition coefficient (Wildman–Crippen LogP) is 2.17. The molecule has 1 atom stereocenters. The number of aliphatic hydroxyl groups is 1. The number of nitrogens with zero attached hydrogens (tertiary/aromatic N) is 4. The Hall–Kier alpha value is -2.18. The number of carbonyl (C=O) groups is 1. The van der Waals surface area contributed by atoms with Crippen molar-refractivity contribution >= 4 is 22.6 Å². The molecule has 2 fully saturated rings. The topological polar surface area (TPSA) is 59.9 Å². The van der Waals surface area contributed by atoms with E-state index in [0.717, 1.165) is 63.4 Å². The predicted molar refractivity (Wildman–Crippen MR) is 111 cm³/mol. The van der Waals surface area contributed by atoms with Crippen molar-refractivity contribution < 1.29 is 9.90 Å². The summed E-state index contributed by atoms with van der Waals surface area (Å²) in [6.45, 7) is 9.49. The molecule has 1 aromatic heterocycles. The molecule has 2 aromatic rings. The molecule has 4 rings (SSSR count). The van der Waals surface area contributed by atoms with Crippen LogP contribution in [0.15, 0.2) is 24.3 Å². The van der Waals surface area contributed by atoms with Gasteiger partial charge in [-0.25, -0.2) is 4.98 Å². The van der Waals surface area contributed by atoms with Crippen molar-refractivity contribution in [1.29, 1.82) is 0 Å². The first-order chi connectivity index (χ1) is 13.5. The first-order valence-electron chi connectivity index (χ1n) is 10.3. The Morgan fingerprint density at radius 2 is 1.96 bits per heavy atom. The van der Waals surface area contributed by atoms with Gasteiger partial charge in [0.05, 0.1) is 11.6 Å². The highest BCUT2D eigenvalue weighted by Gasteiger charge is 2.24. The van der Waals surface area contributed by atoms with Gasteiger partial charge in [-0.3, -0.25) is 9.69 Å². The number of pyridine rings is 1. The zero-order chi connectivity index (χ0) is 19.7. The zero-order valence-corrected chi connectivity index (χ0v) is 16.9. The zero-order valence-electron chi connectivity index (χ0n) is 16.9. The van der Waals surface area contributed by atoms with Crippen molar-refractivity contribution in [1.82, 2.24) is 14.8 Å². The minimum atomic E-state index is -0.281. The number of rotatable bonds is 3. The van der Waals surface area contributed by atoms with Crippen LogP contribution in [0.1, 0.15) is 30.9 Å². The van der Waals surface area contributed by atoms with Crippen molar-refractivity contribution in [2.45, 2.75) is 39.3 Å². The molecule has 0 radical (unpaired) electrons. The Morgan fingerprint density at radius 3 is 2.68 bits per heavy atom. The minimum absolute atomic E-state index is 0.158. The van der Waals surface area contributed by atoms with Crippen LogP contribution in [0.2, 0.25) is 0 Å². The number of aryl methyl sites for hydroxylation is 1. The number of hydrogen-bond acceptors (Lipinski definition) is 5. The molecule has 2 aliphatic heterocycles. The van der Waals surface area contributed by atoms with Crippen LogP contribution in [-0.2, 0) is 11.3 Å². The molecule has 2 saturated heterocycles. The molecular weight excluding hydrogens is 352 g/mol. The smallest absolute Gasteiger partial charge is 0.219 e. The summed E-state index contributed by atoms with van der Waals surface area (Å²) in [4.78, 5) is 23.2. The lowest BCUT2D eigenvalue weighted by molar-refractivity contribution is -0.130. The Kier molecular flexibility index (Phi) is 5.51.